The first kappa shape index (κ1) is 20.9. The van der Waals surface area contributed by atoms with Crippen LogP contribution in [-0.4, -0.2) is 17.0 Å². The number of carboxylic acid groups (broad SMARTS) is 1. The number of rotatable bonds is 6. The van der Waals surface area contributed by atoms with Crippen molar-refractivity contribution >= 4 is 35.2 Å². The molecule has 0 radical (unpaired) electrons. The first-order chi connectivity index (χ1) is 14.4. The lowest BCUT2D eigenvalue weighted by molar-refractivity contribution is -0.112. The third kappa shape index (κ3) is 4.59. The van der Waals surface area contributed by atoms with E-state index in [9.17, 15) is 14.9 Å². The number of carbonyl (C=O) groups excluding carboxylic acids is 1. The van der Waals surface area contributed by atoms with E-state index in [4.69, 9.17) is 21.1 Å². The maximum absolute atomic E-state index is 12.5. The van der Waals surface area contributed by atoms with Crippen LogP contribution in [0.3, 0.4) is 0 Å². The van der Waals surface area contributed by atoms with Crippen molar-refractivity contribution in [2.24, 2.45) is 0 Å². The summed E-state index contributed by atoms with van der Waals surface area (Å²) in [6.45, 7) is 1.97. The summed E-state index contributed by atoms with van der Waals surface area (Å²) in [4.78, 5) is 23.7. The Balaban J connectivity index is 1.87. The Labute approximate surface area is 178 Å². The second-order valence-electron chi connectivity index (χ2n) is 6.34. The first-order valence-electron chi connectivity index (χ1n) is 9.07. The Bertz CT molecular complexity index is 1190. The summed E-state index contributed by atoms with van der Waals surface area (Å²) < 4.78 is 5.68. The molecule has 0 saturated heterocycles. The molecule has 0 aliphatic carbocycles. The van der Waals surface area contributed by atoms with E-state index in [0.717, 1.165) is 12.0 Å². The number of benzene rings is 2. The van der Waals surface area contributed by atoms with E-state index in [2.05, 4.69) is 5.32 Å². The molecule has 1 aromatic heterocycles. The summed E-state index contributed by atoms with van der Waals surface area (Å²) in [6.07, 6.45) is 2.06. The van der Waals surface area contributed by atoms with Crippen molar-refractivity contribution in [3.63, 3.8) is 0 Å². The number of halogens is 1. The van der Waals surface area contributed by atoms with Crippen molar-refractivity contribution < 1.29 is 19.1 Å². The van der Waals surface area contributed by atoms with Crippen LogP contribution in [0.5, 0.6) is 0 Å². The van der Waals surface area contributed by atoms with Crippen LogP contribution in [0.1, 0.15) is 28.6 Å². The summed E-state index contributed by atoms with van der Waals surface area (Å²) in [7, 11) is 0. The third-order valence-corrected chi connectivity index (χ3v) is 4.73. The molecule has 0 aliphatic rings. The minimum Gasteiger partial charge on any atom is -0.478 e. The molecule has 1 amide bonds. The highest BCUT2D eigenvalue weighted by molar-refractivity contribution is 6.33. The second-order valence-corrected chi connectivity index (χ2v) is 6.74. The zero-order valence-electron chi connectivity index (χ0n) is 16.0. The Morgan fingerprint density at radius 3 is 2.67 bits per heavy atom. The van der Waals surface area contributed by atoms with Crippen molar-refractivity contribution in [3.05, 3.63) is 82.1 Å². The first-order valence-corrected chi connectivity index (χ1v) is 9.44. The van der Waals surface area contributed by atoms with Crippen LogP contribution in [0.15, 0.2) is 64.6 Å². The normalized spacial score (nSPS) is 11.0. The minimum atomic E-state index is -1.09. The highest BCUT2D eigenvalue weighted by Crippen LogP contribution is 2.31. The number of nitriles is 1. The summed E-state index contributed by atoms with van der Waals surface area (Å²) in [5.74, 6) is -1.06. The molecular formula is C23H17ClN2O4. The molecule has 2 aromatic carbocycles. The topological polar surface area (TPSA) is 103 Å². The maximum Gasteiger partial charge on any atom is 0.335 e. The van der Waals surface area contributed by atoms with Crippen molar-refractivity contribution in [1.29, 1.82) is 5.26 Å². The fraction of sp³-hybridized carbons (Fsp3) is 0.0870. The smallest absolute Gasteiger partial charge is 0.335 e. The lowest BCUT2D eigenvalue weighted by Gasteiger charge is -2.08. The molecule has 0 atom stereocenters. The minimum absolute atomic E-state index is 0.0644. The zero-order chi connectivity index (χ0) is 21.7. The number of anilines is 1. The highest BCUT2D eigenvalue weighted by Gasteiger charge is 2.15. The van der Waals surface area contributed by atoms with Gasteiger partial charge in [-0.25, -0.2) is 4.79 Å². The Hall–Kier alpha value is -3.82. The number of para-hydroxylation sites is 1. The van der Waals surface area contributed by atoms with Gasteiger partial charge in [-0.05, 0) is 48.4 Å². The molecule has 0 bridgehead atoms. The molecule has 150 valence electrons. The predicted octanol–water partition coefficient (Wildman–Crippen LogP) is 5.41. The number of aryl methyl sites for hydroxylation is 1. The number of nitrogens with one attached hydrogen (secondary N) is 1. The average molecular weight is 421 g/mol. The summed E-state index contributed by atoms with van der Waals surface area (Å²) in [5, 5.41) is 21.6. The molecule has 30 heavy (non-hydrogen) atoms. The van der Waals surface area contributed by atoms with E-state index >= 15 is 0 Å². The number of carboxylic acids is 1. The van der Waals surface area contributed by atoms with Crippen molar-refractivity contribution in [3.8, 4) is 17.4 Å². The fourth-order valence-electron chi connectivity index (χ4n) is 2.85. The lowest BCUT2D eigenvalue weighted by atomic mass is 10.1. The van der Waals surface area contributed by atoms with E-state index in [0.29, 0.717) is 22.0 Å². The van der Waals surface area contributed by atoms with Gasteiger partial charge >= 0.3 is 5.97 Å². The summed E-state index contributed by atoms with van der Waals surface area (Å²) in [6, 6.07) is 16.7. The maximum atomic E-state index is 12.5. The van der Waals surface area contributed by atoms with Crippen molar-refractivity contribution in [2.45, 2.75) is 13.3 Å². The van der Waals surface area contributed by atoms with Crippen LogP contribution >= 0.6 is 11.6 Å². The molecule has 0 unspecified atom stereocenters. The second kappa shape index (κ2) is 9.12. The Morgan fingerprint density at radius 2 is 1.97 bits per heavy atom. The van der Waals surface area contributed by atoms with E-state index in [1.807, 2.05) is 25.1 Å². The molecule has 1 heterocycles. The van der Waals surface area contributed by atoms with E-state index in [1.165, 1.54) is 24.3 Å². The van der Waals surface area contributed by atoms with Gasteiger partial charge in [0.25, 0.3) is 5.91 Å². The van der Waals surface area contributed by atoms with Gasteiger partial charge in [-0.3, -0.25) is 4.79 Å². The van der Waals surface area contributed by atoms with Crippen molar-refractivity contribution in [2.75, 3.05) is 5.32 Å². The van der Waals surface area contributed by atoms with Gasteiger partial charge in [0.15, 0.2) is 0 Å². The van der Waals surface area contributed by atoms with Crippen LogP contribution in [0, 0.1) is 11.3 Å². The van der Waals surface area contributed by atoms with Crippen LogP contribution in [-0.2, 0) is 11.2 Å². The summed E-state index contributed by atoms with van der Waals surface area (Å²) >= 11 is 6.16. The SMILES string of the molecule is CCc1ccccc1NC(=O)/C(C#N)=C\c1ccc(-c2cc(C(=O)O)ccc2Cl)o1. The molecular weight excluding hydrogens is 404 g/mol. The molecule has 0 spiro atoms. The number of hydrogen-bond donors (Lipinski definition) is 2. The van der Waals surface area contributed by atoms with Crippen LogP contribution < -0.4 is 5.32 Å². The van der Waals surface area contributed by atoms with Crippen LogP contribution in [0.4, 0.5) is 5.69 Å². The van der Waals surface area contributed by atoms with Crippen LogP contribution in [0.2, 0.25) is 5.02 Å². The van der Waals surface area contributed by atoms with E-state index in [1.54, 1.807) is 24.3 Å². The quantitative estimate of drug-likeness (QED) is 0.410. The molecule has 6 nitrogen and oxygen atoms in total. The number of furan rings is 1. The zero-order valence-corrected chi connectivity index (χ0v) is 16.7. The Kier molecular flexibility index (Phi) is 6.35. The average Bonchev–Trinajstić information content (AvgIpc) is 3.20. The highest BCUT2D eigenvalue weighted by atomic mass is 35.5. The fourth-order valence-corrected chi connectivity index (χ4v) is 3.06. The number of carbonyl (C=O) groups is 2. The summed E-state index contributed by atoms with van der Waals surface area (Å²) in [5.41, 5.74) is 1.93. The van der Waals surface area contributed by atoms with Gasteiger partial charge in [-0.1, -0.05) is 36.7 Å². The number of nitrogens with zero attached hydrogens (tertiary/aromatic N) is 1. The molecule has 7 heteroatoms. The number of amides is 1. The van der Waals surface area contributed by atoms with E-state index < -0.39 is 11.9 Å². The van der Waals surface area contributed by atoms with Gasteiger partial charge in [-0.15, -0.1) is 0 Å². The molecule has 0 fully saturated rings. The molecule has 2 N–H and O–H groups in total. The Morgan fingerprint density at radius 1 is 1.20 bits per heavy atom. The molecule has 3 rings (SSSR count). The van der Waals surface area contributed by atoms with Gasteiger partial charge in [0.1, 0.15) is 23.2 Å². The van der Waals surface area contributed by atoms with Gasteiger partial charge < -0.3 is 14.8 Å². The molecule has 3 aromatic rings. The largest absolute Gasteiger partial charge is 0.478 e. The predicted molar refractivity (Wildman–Crippen MR) is 114 cm³/mol. The van der Waals surface area contributed by atoms with Gasteiger partial charge in [0.2, 0.25) is 0 Å². The van der Waals surface area contributed by atoms with Gasteiger partial charge in [0.05, 0.1) is 10.6 Å². The standard InChI is InChI=1S/C23H17ClN2O4/c1-2-14-5-3-4-6-20(14)26-22(27)16(13-25)11-17-8-10-21(30-17)18-12-15(23(28)29)7-9-19(18)24/h3-12H,2H2,1H3,(H,26,27)(H,28,29)/b16-11-. The van der Waals surface area contributed by atoms with Gasteiger partial charge in [0, 0.05) is 17.3 Å². The molecule has 0 saturated carbocycles. The van der Waals surface area contributed by atoms with E-state index in [-0.39, 0.29) is 16.9 Å². The van der Waals surface area contributed by atoms with Gasteiger partial charge in [-0.2, -0.15) is 5.26 Å². The lowest BCUT2D eigenvalue weighted by Crippen LogP contribution is -2.14. The van der Waals surface area contributed by atoms with Crippen molar-refractivity contribution in [1.82, 2.24) is 0 Å². The molecule has 0 aliphatic heterocycles. The number of hydrogen-bond acceptors (Lipinski definition) is 4. The third-order valence-electron chi connectivity index (χ3n) is 4.40. The van der Waals surface area contributed by atoms with Crippen LogP contribution in [0.25, 0.3) is 17.4 Å². The monoisotopic (exact) mass is 420 g/mol. The number of aromatic carboxylic acids is 1.